The Balaban J connectivity index is 1.79. The molecule has 2 rings (SSSR count). The Morgan fingerprint density at radius 3 is 2.38 bits per heavy atom. The Hall–Kier alpha value is -2.31. The van der Waals surface area contributed by atoms with E-state index in [2.05, 4.69) is 0 Å². The summed E-state index contributed by atoms with van der Waals surface area (Å²) in [5.74, 6) is -1.10. The summed E-state index contributed by atoms with van der Waals surface area (Å²) >= 11 is 0. The van der Waals surface area contributed by atoms with Gasteiger partial charge in [0.05, 0.1) is 12.5 Å². The molecular formula is C17H24N2O5. The maximum Gasteiger partial charge on any atom is 0.355 e. The minimum absolute atomic E-state index is 0.150. The van der Waals surface area contributed by atoms with Crippen LogP contribution in [0.25, 0.3) is 0 Å². The van der Waals surface area contributed by atoms with Crippen molar-refractivity contribution in [3.05, 3.63) is 23.5 Å². The summed E-state index contributed by atoms with van der Waals surface area (Å²) < 4.78 is 11.8. The smallest absolute Gasteiger partial charge is 0.355 e. The predicted octanol–water partition coefficient (Wildman–Crippen LogP) is 1.29. The van der Waals surface area contributed by atoms with Gasteiger partial charge in [-0.1, -0.05) is 0 Å². The number of carbonyl (C=O) groups is 3. The van der Waals surface area contributed by atoms with Gasteiger partial charge in [0.2, 0.25) is 0 Å². The molecule has 1 saturated heterocycles. The minimum atomic E-state index is -0.514. The zero-order chi connectivity index (χ0) is 17.7. The molecule has 1 fully saturated rings. The van der Waals surface area contributed by atoms with E-state index in [1.807, 2.05) is 13.0 Å². The van der Waals surface area contributed by atoms with Crippen LogP contribution in [0, 0.1) is 12.8 Å². The van der Waals surface area contributed by atoms with Gasteiger partial charge in [0.25, 0.3) is 5.91 Å². The largest absolute Gasteiger partial charge is 0.466 e. The molecule has 0 saturated carbocycles. The molecule has 0 aliphatic carbocycles. The van der Waals surface area contributed by atoms with Crippen LogP contribution in [0.3, 0.4) is 0 Å². The molecule has 1 aromatic rings. The average Bonchev–Trinajstić information content (AvgIpc) is 2.92. The second kappa shape index (κ2) is 7.99. The third-order valence-electron chi connectivity index (χ3n) is 4.38. The molecule has 1 aromatic heterocycles. The number of hydrogen-bond acceptors (Lipinski definition) is 5. The maximum atomic E-state index is 12.2. The molecule has 0 bridgehead atoms. The number of aromatic nitrogens is 1. The molecule has 1 amide bonds. The van der Waals surface area contributed by atoms with E-state index in [-0.39, 0.29) is 24.4 Å². The van der Waals surface area contributed by atoms with Crippen molar-refractivity contribution in [1.29, 1.82) is 0 Å². The lowest BCUT2D eigenvalue weighted by molar-refractivity contribution is -0.151. The topological polar surface area (TPSA) is 77.8 Å². The van der Waals surface area contributed by atoms with Gasteiger partial charge in [-0.25, -0.2) is 4.79 Å². The number of aryl methyl sites for hydroxylation is 1. The summed E-state index contributed by atoms with van der Waals surface area (Å²) in [6, 6.07) is 3.49. The monoisotopic (exact) mass is 336 g/mol. The zero-order valence-corrected chi connectivity index (χ0v) is 14.4. The molecule has 1 aliphatic rings. The van der Waals surface area contributed by atoms with Crippen LogP contribution in [-0.4, -0.2) is 53.6 Å². The van der Waals surface area contributed by atoms with E-state index in [9.17, 15) is 14.4 Å². The van der Waals surface area contributed by atoms with Crippen molar-refractivity contribution in [3.8, 4) is 0 Å². The fourth-order valence-corrected chi connectivity index (χ4v) is 2.74. The van der Waals surface area contributed by atoms with Crippen molar-refractivity contribution in [2.75, 3.05) is 26.3 Å². The second-order valence-electron chi connectivity index (χ2n) is 5.90. The third kappa shape index (κ3) is 4.15. The molecule has 2 heterocycles. The lowest BCUT2D eigenvalue weighted by atomic mass is 9.97. The quantitative estimate of drug-likeness (QED) is 0.757. The number of ether oxygens (including phenoxy) is 2. The molecule has 0 radical (unpaired) electrons. The Morgan fingerprint density at radius 2 is 1.83 bits per heavy atom. The van der Waals surface area contributed by atoms with Crippen molar-refractivity contribution < 1.29 is 23.9 Å². The average molecular weight is 336 g/mol. The molecule has 0 spiro atoms. The number of amides is 1. The second-order valence-corrected chi connectivity index (χ2v) is 5.90. The molecule has 0 aromatic carbocycles. The van der Waals surface area contributed by atoms with Gasteiger partial charge in [-0.05, 0) is 38.8 Å². The molecule has 0 N–H and O–H groups in total. The maximum absolute atomic E-state index is 12.2. The summed E-state index contributed by atoms with van der Waals surface area (Å²) in [4.78, 5) is 37.5. The van der Waals surface area contributed by atoms with Gasteiger partial charge in [0.1, 0.15) is 5.69 Å². The van der Waals surface area contributed by atoms with Crippen LogP contribution in [0.5, 0.6) is 0 Å². The zero-order valence-electron chi connectivity index (χ0n) is 14.4. The highest BCUT2D eigenvalue weighted by Crippen LogP contribution is 2.19. The standard InChI is InChI=1S/C17H24N2O5/c1-4-23-16(21)13-7-9-19(10-8-13)15(20)11-24-17(22)14-6-5-12(2)18(14)3/h5-6,13H,4,7-11H2,1-3H3. The number of likely N-dealkylation sites (tertiary alicyclic amines) is 1. The SMILES string of the molecule is CCOC(=O)C1CCN(C(=O)COC(=O)c2ccc(C)n2C)CC1. The molecule has 0 unspecified atom stereocenters. The highest BCUT2D eigenvalue weighted by atomic mass is 16.5. The van der Waals surface area contributed by atoms with Crippen LogP contribution < -0.4 is 0 Å². The number of piperidine rings is 1. The van der Waals surface area contributed by atoms with Crippen LogP contribution in [0.1, 0.15) is 35.9 Å². The van der Waals surface area contributed by atoms with Crippen LogP contribution in [-0.2, 0) is 26.1 Å². The fourth-order valence-electron chi connectivity index (χ4n) is 2.74. The Bertz CT molecular complexity index is 614. The first kappa shape index (κ1) is 18.0. The van der Waals surface area contributed by atoms with Gasteiger partial charge in [-0.2, -0.15) is 0 Å². The summed E-state index contributed by atoms with van der Waals surface area (Å²) in [5, 5.41) is 0. The van der Waals surface area contributed by atoms with Gasteiger partial charge in [0.15, 0.2) is 6.61 Å². The van der Waals surface area contributed by atoms with Crippen LogP contribution >= 0.6 is 0 Å². The van der Waals surface area contributed by atoms with Crippen molar-refractivity contribution in [3.63, 3.8) is 0 Å². The van der Waals surface area contributed by atoms with E-state index < -0.39 is 5.97 Å². The first-order valence-electron chi connectivity index (χ1n) is 8.17. The van der Waals surface area contributed by atoms with Crippen molar-refractivity contribution >= 4 is 17.8 Å². The highest BCUT2D eigenvalue weighted by Gasteiger charge is 2.28. The van der Waals surface area contributed by atoms with Gasteiger partial charge in [-0.15, -0.1) is 0 Å². The normalized spacial score (nSPS) is 15.2. The summed E-state index contributed by atoms with van der Waals surface area (Å²) in [6.45, 7) is 4.70. The van der Waals surface area contributed by atoms with Gasteiger partial charge in [0, 0.05) is 25.8 Å². The van der Waals surface area contributed by atoms with E-state index in [0.29, 0.717) is 38.2 Å². The molecule has 24 heavy (non-hydrogen) atoms. The van der Waals surface area contributed by atoms with E-state index in [4.69, 9.17) is 9.47 Å². The summed E-state index contributed by atoms with van der Waals surface area (Å²) in [6.07, 6.45) is 1.16. The van der Waals surface area contributed by atoms with E-state index in [1.165, 1.54) is 0 Å². The number of esters is 2. The third-order valence-corrected chi connectivity index (χ3v) is 4.38. The summed E-state index contributed by atoms with van der Waals surface area (Å²) in [5.41, 5.74) is 1.36. The minimum Gasteiger partial charge on any atom is -0.466 e. The van der Waals surface area contributed by atoms with Crippen molar-refractivity contribution in [1.82, 2.24) is 9.47 Å². The number of hydrogen-bond donors (Lipinski definition) is 0. The van der Waals surface area contributed by atoms with Gasteiger partial charge in [-0.3, -0.25) is 9.59 Å². The Kier molecular flexibility index (Phi) is 6.00. The number of carbonyl (C=O) groups excluding carboxylic acids is 3. The van der Waals surface area contributed by atoms with E-state index >= 15 is 0 Å². The summed E-state index contributed by atoms with van der Waals surface area (Å²) in [7, 11) is 1.77. The van der Waals surface area contributed by atoms with Crippen LogP contribution in [0.15, 0.2) is 12.1 Å². The predicted molar refractivity (Wildman–Crippen MR) is 86.4 cm³/mol. The first-order chi connectivity index (χ1) is 11.4. The lowest BCUT2D eigenvalue weighted by Crippen LogP contribution is -2.42. The molecule has 7 nitrogen and oxygen atoms in total. The first-order valence-corrected chi connectivity index (χ1v) is 8.17. The molecule has 7 heteroatoms. The van der Waals surface area contributed by atoms with Crippen molar-refractivity contribution in [2.45, 2.75) is 26.7 Å². The highest BCUT2D eigenvalue weighted by molar-refractivity contribution is 5.90. The number of rotatable bonds is 5. The molecule has 132 valence electrons. The molecule has 1 aliphatic heterocycles. The van der Waals surface area contributed by atoms with Crippen LogP contribution in [0.4, 0.5) is 0 Å². The van der Waals surface area contributed by atoms with Crippen LogP contribution in [0.2, 0.25) is 0 Å². The van der Waals surface area contributed by atoms with Gasteiger partial charge >= 0.3 is 11.9 Å². The number of nitrogens with zero attached hydrogens (tertiary/aromatic N) is 2. The Morgan fingerprint density at radius 1 is 1.17 bits per heavy atom. The lowest BCUT2D eigenvalue weighted by Gasteiger charge is -2.30. The fraction of sp³-hybridized carbons (Fsp3) is 0.588. The van der Waals surface area contributed by atoms with Gasteiger partial charge < -0.3 is 18.9 Å². The molecular weight excluding hydrogens is 312 g/mol. The van der Waals surface area contributed by atoms with E-state index in [0.717, 1.165) is 5.69 Å². The van der Waals surface area contributed by atoms with Crippen molar-refractivity contribution in [2.24, 2.45) is 13.0 Å². The Labute approximate surface area is 141 Å². The van der Waals surface area contributed by atoms with E-state index in [1.54, 1.807) is 29.5 Å². The molecule has 0 atom stereocenters.